The van der Waals surface area contributed by atoms with E-state index in [0.717, 1.165) is 24.9 Å². The van der Waals surface area contributed by atoms with Crippen molar-refractivity contribution in [3.05, 3.63) is 29.3 Å². The van der Waals surface area contributed by atoms with Crippen LogP contribution in [0, 0.1) is 0 Å². The lowest BCUT2D eigenvalue weighted by atomic mass is 9.94. The number of carboxylic acid groups (broad SMARTS) is 1. The van der Waals surface area contributed by atoms with Crippen molar-refractivity contribution in [1.82, 2.24) is 5.48 Å². The Kier molecular flexibility index (Phi) is 6.08. The van der Waals surface area contributed by atoms with Crippen molar-refractivity contribution in [2.24, 2.45) is 0 Å². The minimum atomic E-state index is -0.975. The molecule has 0 bridgehead atoms. The molecule has 1 heterocycles. The van der Waals surface area contributed by atoms with Crippen molar-refractivity contribution in [1.29, 1.82) is 0 Å². The monoisotopic (exact) mass is 287 g/mol. The van der Waals surface area contributed by atoms with E-state index in [1.165, 1.54) is 7.11 Å². The summed E-state index contributed by atoms with van der Waals surface area (Å²) in [4.78, 5) is 16.3. The van der Waals surface area contributed by atoms with E-state index in [1.54, 1.807) is 12.1 Å². The van der Waals surface area contributed by atoms with Crippen molar-refractivity contribution in [3.8, 4) is 5.75 Å². The average molecular weight is 288 g/mol. The summed E-state index contributed by atoms with van der Waals surface area (Å²) in [6.07, 6.45) is 2.05. The molecule has 19 heavy (non-hydrogen) atoms. The number of carboxylic acids is 1. The fourth-order valence-corrected chi connectivity index (χ4v) is 2.14. The molecule has 0 radical (unpaired) electrons. The van der Waals surface area contributed by atoms with Crippen LogP contribution in [0.5, 0.6) is 5.75 Å². The van der Waals surface area contributed by atoms with Crippen LogP contribution in [0.15, 0.2) is 18.2 Å². The number of nitrogens with one attached hydrogen (secondary N) is 1. The molecule has 1 saturated heterocycles. The summed E-state index contributed by atoms with van der Waals surface area (Å²) in [5, 5.41) is 9.03. The molecule has 2 N–H and O–H groups in total. The Morgan fingerprint density at radius 1 is 1.53 bits per heavy atom. The van der Waals surface area contributed by atoms with Crippen LogP contribution >= 0.6 is 12.4 Å². The summed E-state index contributed by atoms with van der Waals surface area (Å²) < 4.78 is 5.13. The van der Waals surface area contributed by atoms with Crippen LogP contribution < -0.4 is 10.2 Å². The zero-order valence-corrected chi connectivity index (χ0v) is 11.5. The van der Waals surface area contributed by atoms with E-state index in [2.05, 4.69) is 5.48 Å². The third-order valence-electron chi connectivity index (χ3n) is 3.15. The van der Waals surface area contributed by atoms with E-state index in [-0.39, 0.29) is 23.9 Å². The van der Waals surface area contributed by atoms with Crippen molar-refractivity contribution in [3.63, 3.8) is 0 Å². The van der Waals surface area contributed by atoms with Crippen LogP contribution in [0.25, 0.3) is 0 Å². The van der Waals surface area contributed by atoms with Crippen LogP contribution in [0.2, 0.25) is 0 Å². The Morgan fingerprint density at radius 2 is 2.32 bits per heavy atom. The summed E-state index contributed by atoms with van der Waals surface area (Å²) in [5.41, 5.74) is 4.12. The highest BCUT2D eigenvalue weighted by atomic mass is 35.5. The Balaban J connectivity index is 0.00000180. The second kappa shape index (κ2) is 7.33. The fourth-order valence-electron chi connectivity index (χ4n) is 2.14. The van der Waals surface area contributed by atoms with Gasteiger partial charge in [-0.3, -0.25) is 0 Å². The molecule has 0 saturated carbocycles. The number of carbonyl (C=O) groups is 1. The maximum Gasteiger partial charge on any atom is 0.339 e. The number of benzene rings is 1. The second-order valence-electron chi connectivity index (χ2n) is 4.31. The lowest BCUT2D eigenvalue weighted by Crippen LogP contribution is -2.14. The Hall–Kier alpha value is -1.30. The molecule has 1 aromatic carbocycles. The van der Waals surface area contributed by atoms with Gasteiger partial charge in [0.25, 0.3) is 0 Å². The highest BCUT2D eigenvalue weighted by molar-refractivity contribution is 5.91. The van der Waals surface area contributed by atoms with Crippen LogP contribution in [0.4, 0.5) is 0 Å². The molecular weight excluding hydrogens is 270 g/mol. The number of rotatable bonds is 3. The molecule has 1 aromatic rings. The summed E-state index contributed by atoms with van der Waals surface area (Å²) in [7, 11) is 1.48. The number of hydrogen-bond acceptors (Lipinski definition) is 4. The molecular formula is C13H18ClNO4. The van der Waals surface area contributed by atoms with Gasteiger partial charge in [0.15, 0.2) is 0 Å². The van der Waals surface area contributed by atoms with Gasteiger partial charge >= 0.3 is 5.97 Å². The van der Waals surface area contributed by atoms with Gasteiger partial charge in [0, 0.05) is 12.5 Å². The number of ether oxygens (including phenoxy) is 1. The Labute approximate surface area is 118 Å². The summed E-state index contributed by atoms with van der Waals surface area (Å²) in [5.74, 6) is -0.300. The van der Waals surface area contributed by atoms with E-state index < -0.39 is 5.97 Å². The van der Waals surface area contributed by atoms with Gasteiger partial charge < -0.3 is 14.7 Å². The van der Waals surface area contributed by atoms with E-state index in [0.29, 0.717) is 12.4 Å². The zero-order valence-electron chi connectivity index (χ0n) is 10.7. The number of hydrogen-bond donors (Lipinski definition) is 2. The first-order valence-electron chi connectivity index (χ1n) is 5.98. The standard InChI is InChI=1S/C13H17NO4.ClH/c1-17-12-7-9(4-5-11(12)13(15)16)10-3-2-6-14-18-8-10;/h4-5,7,10,14H,2-3,6,8H2,1H3,(H,15,16);1H. The number of halogens is 1. The molecule has 1 aliphatic rings. The van der Waals surface area contributed by atoms with E-state index in [4.69, 9.17) is 14.7 Å². The minimum absolute atomic E-state index is 0. The van der Waals surface area contributed by atoms with E-state index >= 15 is 0 Å². The molecule has 0 aliphatic carbocycles. The first-order valence-corrected chi connectivity index (χ1v) is 5.98. The first-order chi connectivity index (χ1) is 8.72. The molecule has 0 amide bonds. The summed E-state index contributed by atoms with van der Waals surface area (Å²) in [6.45, 7) is 1.44. The molecule has 1 aliphatic heterocycles. The van der Waals surface area contributed by atoms with E-state index in [1.807, 2.05) is 6.07 Å². The van der Waals surface area contributed by atoms with Gasteiger partial charge in [0.2, 0.25) is 0 Å². The van der Waals surface area contributed by atoms with Crippen LogP contribution in [0.3, 0.4) is 0 Å². The Bertz CT molecular complexity index is 431. The predicted molar refractivity (Wildman–Crippen MR) is 73.1 cm³/mol. The average Bonchev–Trinajstić information content (AvgIpc) is 2.66. The van der Waals surface area contributed by atoms with Crippen molar-refractivity contribution < 1.29 is 19.5 Å². The first kappa shape index (κ1) is 15.8. The molecule has 0 aromatic heterocycles. The number of hydroxylamine groups is 1. The summed E-state index contributed by atoms with van der Waals surface area (Å²) >= 11 is 0. The molecule has 1 unspecified atom stereocenters. The largest absolute Gasteiger partial charge is 0.496 e. The van der Waals surface area contributed by atoms with Crippen molar-refractivity contribution >= 4 is 18.4 Å². The van der Waals surface area contributed by atoms with Crippen LogP contribution in [0.1, 0.15) is 34.7 Å². The molecule has 2 rings (SSSR count). The Morgan fingerprint density at radius 3 is 3.00 bits per heavy atom. The van der Waals surface area contributed by atoms with Gasteiger partial charge in [-0.15, -0.1) is 12.4 Å². The lowest BCUT2D eigenvalue weighted by molar-refractivity contribution is 0.0453. The van der Waals surface area contributed by atoms with Gasteiger partial charge in [-0.25, -0.2) is 10.3 Å². The maximum absolute atomic E-state index is 11.0. The molecule has 5 nitrogen and oxygen atoms in total. The highest BCUT2D eigenvalue weighted by Gasteiger charge is 2.18. The maximum atomic E-state index is 11.0. The van der Waals surface area contributed by atoms with Crippen molar-refractivity contribution in [2.45, 2.75) is 18.8 Å². The zero-order chi connectivity index (χ0) is 13.0. The number of methoxy groups -OCH3 is 1. The van der Waals surface area contributed by atoms with Crippen molar-refractivity contribution in [2.75, 3.05) is 20.3 Å². The SMILES string of the molecule is COc1cc(C2CCCNOC2)ccc1C(=O)O.Cl. The fraction of sp³-hybridized carbons (Fsp3) is 0.462. The van der Waals surface area contributed by atoms with Crippen LogP contribution in [-0.2, 0) is 4.84 Å². The molecule has 1 fully saturated rings. The molecule has 6 heteroatoms. The van der Waals surface area contributed by atoms with Crippen LogP contribution in [-0.4, -0.2) is 31.3 Å². The lowest BCUT2D eigenvalue weighted by Gasteiger charge is -2.15. The van der Waals surface area contributed by atoms with Gasteiger partial charge in [-0.2, -0.15) is 0 Å². The van der Waals surface area contributed by atoms with Gasteiger partial charge in [-0.05, 0) is 30.5 Å². The third kappa shape index (κ3) is 3.83. The van der Waals surface area contributed by atoms with Gasteiger partial charge in [-0.1, -0.05) is 6.07 Å². The van der Waals surface area contributed by atoms with Gasteiger partial charge in [0.1, 0.15) is 11.3 Å². The third-order valence-corrected chi connectivity index (χ3v) is 3.15. The number of aromatic carboxylic acids is 1. The molecule has 106 valence electrons. The normalized spacial score (nSPS) is 19.1. The topological polar surface area (TPSA) is 67.8 Å². The highest BCUT2D eigenvalue weighted by Crippen LogP contribution is 2.28. The minimum Gasteiger partial charge on any atom is -0.496 e. The second-order valence-corrected chi connectivity index (χ2v) is 4.31. The predicted octanol–water partition coefficient (Wildman–Crippen LogP) is 2.21. The quantitative estimate of drug-likeness (QED) is 0.892. The smallest absolute Gasteiger partial charge is 0.339 e. The van der Waals surface area contributed by atoms with Gasteiger partial charge in [0.05, 0.1) is 13.7 Å². The molecule has 1 atom stereocenters. The summed E-state index contributed by atoms with van der Waals surface area (Å²) in [6, 6.07) is 5.23. The van der Waals surface area contributed by atoms with E-state index in [9.17, 15) is 4.79 Å². The molecule has 0 spiro atoms.